The Balaban J connectivity index is 1.43. The second-order valence-corrected chi connectivity index (χ2v) is 9.31. The van der Waals surface area contributed by atoms with Gasteiger partial charge in [-0.15, -0.1) is 0 Å². The second kappa shape index (κ2) is 10.0. The number of carbonyl (C=O) groups excluding carboxylic acids is 1. The number of rotatable bonds is 7. The maximum absolute atomic E-state index is 13.4. The lowest BCUT2D eigenvalue weighted by Gasteiger charge is -2.29. The highest BCUT2D eigenvalue weighted by atomic mass is 16.2. The van der Waals surface area contributed by atoms with Gasteiger partial charge in [0.1, 0.15) is 5.69 Å². The van der Waals surface area contributed by atoms with Crippen molar-refractivity contribution in [3.05, 3.63) is 42.2 Å². The van der Waals surface area contributed by atoms with E-state index in [-0.39, 0.29) is 11.9 Å². The molecule has 1 aromatic carbocycles. The molecule has 1 amide bonds. The van der Waals surface area contributed by atoms with E-state index in [0.717, 1.165) is 87.4 Å². The molecule has 5 rings (SSSR count). The van der Waals surface area contributed by atoms with Crippen LogP contribution in [0, 0.1) is 0 Å². The fourth-order valence-electron chi connectivity index (χ4n) is 5.19. The lowest BCUT2D eigenvalue weighted by atomic mass is 10.1. The Morgan fingerprint density at radius 3 is 2.47 bits per heavy atom. The van der Waals surface area contributed by atoms with Crippen molar-refractivity contribution in [3.8, 4) is 0 Å². The summed E-state index contributed by atoms with van der Waals surface area (Å²) in [6, 6.07) is 10.8. The zero-order valence-electron chi connectivity index (χ0n) is 20.3. The van der Waals surface area contributed by atoms with E-state index < -0.39 is 0 Å². The maximum Gasteiger partial charge on any atom is 0.396 e. The molecule has 0 spiro atoms. The van der Waals surface area contributed by atoms with E-state index >= 15 is 0 Å². The molecule has 2 aliphatic heterocycles. The van der Waals surface area contributed by atoms with Crippen molar-refractivity contribution < 1.29 is 9.78 Å². The van der Waals surface area contributed by atoms with Crippen LogP contribution in [-0.2, 0) is 0 Å². The summed E-state index contributed by atoms with van der Waals surface area (Å²) >= 11 is 0. The number of aromatic nitrogens is 3. The quantitative estimate of drug-likeness (QED) is 0.561. The molecule has 8 nitrogen and oxygen atoms in total. The summed E-state index contributed by atoms with van der Waals surface area (Å²) in [5.41, 5.74) is 3.84. The number of nitrogens with zero attached hydrogens (tertiary/aromatic N) is 4. The summed E-state index contributed by atoms with van der Waals surface area (Å²) in [6.45, 7) is 10.2. The van der Waals surface area contributed by atoms with Crippen LogP contribution < -0.4 is 20.5 Å². The van der Waals surface area contributed by atoms with Crippen LogP contribution in [0.3, 0.4) is 0 Å². The van der Waals surface area contributed by atoms with Gasteiger partial charge in [0.15, 0.2) is 0 Å². The molecule has 2 fully saturated rings. The summed E-state index contributed by atoms with van der Waals surface area (Å²) < 4.78 is 2.17. The molecule has 3 N–H and O–H groups in total. The number of piperazine rings is 1. The zero-order chi connectivity index (χ0) is 23.5. The first-order valence-corrected chi connectivity index (χ1v) is 12.7. The van der Waals surface area contributed by atoms with E-state index in [1.54, 1.807) is 0 Å². The number of hydrogen-bond donors (Lipinski definition) is 2. The van der Waals surface area contributed by atoms with Crippen molar-refractivity contribution >= 4 is 34.3 Å². The van der Waals surface area contributed by atoms with Gasteiger partial charge in [0.25, 0.3) is 5.91 Å². The number of aromatic amines is 1. The highest BCUT2D eigenvalue weighted by Crippen LogP contribution is 2.29. The summed E-state index contributed by atoms with van der Waals surface area (Å²) in [7, 11) is 0. The second-order valence-electron chi connectivity index (χ2n) is 9.31. The molecule has 0 radical (unpaired) electrons. The SMILES string of the molecule is CCC(CC)n1c(C(=O)N2CCCC2)cc2c[nH+]c(Nc3ccc(N4CCNCC4)cc3)nc21. The number of anilines is 3. The molecule has 8 heteroatoms. The van der Waals surface area contributed by atoms with Gasteiger partial charge in [0.05, 0.1) is 17.3 Å². The van der Waals surface area contributed by atoms with Gasteiger partial charge in [0.2, 0.25) is 5.65 Å². The van der Waals surface area contributed by atoms with Crippen LogP contribution in [-0.4, -0.2) is 59.6 Å². The average molecular weight is 463 g/mol. The Morgan fingerprint density at radius 1 is 1.09 bits per heavy atom. The molecular weight excluding hydrogens is 426 g/mol. The van der Waals surface area contributed by atoms with Gasteiger partial charge in [-0.25, -0.2) is 10.3 Å². The number of amides is 1. The van der Waals surface area contributed by atoms with Crippen LogP contribution in [0.2, 0.25) is 0 Å². The van der Waals surface area contributed by atoms with Gasteiger partial charge in [-0.05, 0) is 56.0 Å². The van der Waals surface area contributed by atoms with Gasteiger partial charge < -0.3 is 19.7 Å². The summed E-state index contributed by atoms with van der Waals surface area (Å²) in [5.74, 6) is 0.799. The zero-order valence-corrected chi connectivity index (χ0v) is 20.3. The van der Waals surface area contributed by atoms with Crippen molar-refractivity contribution in [1.29, 1.82) is 0 Å². The molecule has 0 bridgehead atoms. The van der Waals surface area contributed by atoms with Gasteiger partial charge >= 0.3 is 5.95 Å². The molecular formula is C26H36N7O+. The molecule has 2 saturated heterocycles. The molecule has 4 heterocycles. The van der Waals surface area contributed by atoms with Crippen LogP contribution >= 0.6 is 0 Å². The van der Waals surface area contributed by atoms with Crippen molar-refractivity contribution in [3.63, 3.8) is 0 Å². The minimum absolute atomic E-state index is 0.125. The van der Waals surface area contributed by atoms with E-state index in [0.29, 0.717) is 5.95 Å². The first-order valence-electron chi connectivity index (χ1n) is 12.7. The summed E-state index contributed by atoms with van der Waals surface area (Å²) in [6.07, 6.45) is 6.04. The van der Waals surface area contributed by atoms with Crippen LogP contribution in [0.1, 0.15) is 56.1 Å². The Kier molecular flexibility index (Phi) is 6.67. The lowest BCUT2D eigenvalue weighted by molar-refractivity contribution is -0.362. The molecule has 0 atom stereocenters. The third-order valence-electron chi connectivity index (χ3n) is 7.15. The van der Waals surface area contributed by atoms with Crippen LogP contribution in [0.4, 0.5) is 17.3 Å². The molecule has 0 unspecified atom stereocenters. The molecule has 0 aliphatic carbocycles. The number of hydrogen-bond acceptors (Lipinski definition) is 5. The number of likely N-dealkylation sites (tertiary alicyclic amines) is 1. The van der Waals surface area contributed by atoms with Gasteiger partial charge in [-0.1, -0.05) is 18.8 Å². The van der Waals surface area contributed by atoms with Gasteiger partial charge in [-0.3, -0.25) is 4.79 Å². The van der Waals surface area contributed by atoms with Crippen LogP contribution in [0.5, 0.6) is 0 Å². The molecule has 2 aliphatic rings. The molecule has 3 aromatic rings. The summed E-state index contributed by atoms with van der Waals surface area (Å²) in [4.78, 5) is 26.0. The maximum atomic E-state index is 13.4. The third-order valence-corrected chi connectivity index (χ3v) is 7.15. The minimum Gasteiger partial charge on any atom is -0.369 e. The highest BCUT2D eigenvalue weighted by Gasteiger charge is 2.28. The van der Waals surface area contributed by atoms with Crippen LogP contribution in [0.15, 0.2) is 36.5 Å². The van der Waals surface area contributed by atoms with E-state index in [4.69, 9.17) is 4.98 Å². The Bertz CT molecular complexity index is 1120. The van der Waals surface area contributed by atoms with Crippen molar-refractivity contribution in [2.75, 3.05) is 49.5 Å². The van der Waals surface area contributed by atoms with E-state index in [1.165, 1.54) is 5.69 Å². The van der Waals surface area contributed by atoms with Crippen molar-refractivity contribution in [2.45, 2.75) is 45.6 Å². The number of benzene rings is 1. The number of H-pyrrole nitrogens is 1. The average Bonchev–Trinajstić information content (AvgIpc) is 3.55. The van der Waals surface area contributed by atoms with Gasteiger partial charge in [-0.2, -0.15) is 0 Å². The van der Waals surface area contributed by atoms with E-state index in [9.17, 15) is 4.79 Å². The monoisotopic (exact) mass is 462 g/mol. The first kappa shape index (κ1) is 22.7. The minimum atomic E-state index is 0.125. The normalized spacial score (nSPS) is 16.6. The highest BCUT2D eigenvalue weighted by molar-refractivity contribution is 5.98. The van der Waals surface area contributed by atoms with Gasteiger partial charge in [0, 0.05) is 51.0 Å². The van der Waals surface area contributed by atoms with Crippen molar-refractivity contribution in [2.24, 2.45) is 0 Å². The molecule has 0 saturated carbocycles. The predicted octanol–water partition coefficient (Wildman–Crippen LogP) is 3.60. The molecule has 2 aromatic heterocycles. The predicted molar refractivity (Wildman–Crippen MR) is 136 cm³/mol. The number of fused-ring (bicyclic) bond motifs is 1. The molecule has 34 heavy (non-hydrogen) atoms. The Labute approximate surface area is 201 Å². The van der Waals surface area contributed by atoms with Crippen LogP contribution in [0.25, 0.3) is 11.0 Å². The standard InChI is InChI=1S/C26H35N7O/c1-3-21(4-2)33-23(25(34)32-13-5-6-14-32)17-19-18-28-26(30-24(19)33)29-20-7-9-22(10-8-20)31-15-11-27-12-16-31/h7-10,17-18,21,27H,3-6,11-16H2,1-2H3,(H,28,29,30)/p+1. The summed E-state index contributed by atoms with van der Waals surface area (Å²) in [5, 5.41) is 7.78. The topological polar surface area (TPSA) is 79.6 Å². The fraction of sp³-hybridized carbons (Fsp3) is 0.500. The van der Waals surface area contributed by atoms with Crippen molar-refractivity contribution in [1.82, 2.24) is 19.8 Å². The third kappa shape index (κ3) is 4.46. The largest absolute Gasteiger partial charge is 0.396 e. The number of nitrogens with one attached hydrogen (secondary N) is 3. The fourth-order valence-corrected chi connectivity index (χ4v) is 5.19. The van der Waals surface area contributed by atoms with E-state index in [1.807, 2.05) is 17.2 Å². The first-order chi connectivity index (χ1) is 16.7. The van der Waals surface area contributed by atoms with E-state index in [2.05, 4.69) is 63.2 Å². The Morgan fingerprint density at radius 2 is 1.79 bits per heavy atom. The lowest BCUT2D eigenvalue weighted by Crippen LogP contribution is -2.43. The Hall–Kier alpha value is -3.13. The number of carbonyl (C=O) groups is 1. The molecule has 180 valence electrons. The smallest absolute Gasteiger partial charge is 0.369 e.